The first-order chi connectivity index (χ1) is 1.73. The van der Waals surface area contributed by atoms with Crippen molar-refractivity contribution < 1.29 is 31.5 Å². The van der Waals surface area contributed by atoms with Gasteiger partial charge in [0.05, 0.1) is 0 Å². The molecule has 3 N–H and O–H groups in total. The molecule has 0 saturated heterocycles. The van der Waals surface area contributed by atoms with E-state index >= 15 is 0 Å². The van der Waals surface area contributed by atoms with E-state index in [2.05, 4.69) is 0 Å². The Morgan fingerprint density at radius 1 is 1.33 bits per heavy atom. The van der Waals surface area contributed by atoms with Crippen LogP contribution in [0.5, 0.6) is 0 Å². The van der Waals surface area contributed by atoms with E-state index in [4.69, 9.17) is 15.0 Å². The van der Waals surface area contributed by atoms with Gasteiger partial charge in [0, 0.05) is 0 Å². The monoisotopic (exact) mass is 135 g/mol. The van der Waals surface area contributed by atoms with E-state index in [1.165, 1.54) is 0 Å². The van der Waals surface area contributed by atoms with Crippen LogP contribution in [0.2, 0.25) is 0 Å². The second-order valence-corrected chi connectivity index (χ2v) is 0.250. The Morgan fingerprint density at radius 2 is 1.33 bits per heavy atom. The predicted molar refractivity (Wildman–Crippen MR) is 10.4 cm³/mol. The molecule has 0 amide bonds. The Balaban J connectivity index is -0.0000000450. The van der Waals surface area contributed by atoms with Gasteiger partial charge in [0.15, 0.2) is 0 Å². The van der Waals surface area contributed by atoms with Crippen molar-refractivity contribution in [2.75, 3.05) is 0 Å². The summed E-state index contributed by atoms with van der Waals surface area (Å²) in [6.07, 6.45) is -2.33. The summed E-state index contributed by atoms with van der Waals surface area (Å²) in [5.41, 5.74) is 0. The number of rotatable bonds is 0. The van der Waals surface area contributed by atoms with E-state index in [9.17, 15) is 0 Å². The van der Waals surface area contributed by atoms with Crippen LogP contribution in [-0.2, 0) is 16.5 Å². The summed E-state index contributed by atoms with van der Waals surface area (Å²) >= 11 is 0. The molecule has 0 bridgehead atoms. The summed E-state index contributed by atoms with van der Waals surface area (Å²) in [6, 6.07) is 0. The Morgan fingerprint density at radius 3 is 1.33 bits per heavy atom. The Hall–Kier alpha value is -0.276. The average molecular weight is 136 g/mol. The first-order valence-corrected chi connectivity index (χ1v) is 0.612. The van der Waals surface area contributed by atoms with Gasteiger partial charge in [-0.1, -0.05) is 0 Å². The molecule has 0 radical (unpaired) electrons. The van der Waals surface area contributed by atoms with E-state index < -0.39 is 6.16 Å². The molecule has 0 aromatic rings. The summed E-state index contributed by atoms with van der Waals surface area (Å²) in [4.78, 5) is 8.33. The summed E-state index contributed by atoms with van der Waals surface area (Å²) < 4.78 is 0. The number of hydrogen-bond donors (Lipinski definition) is 1. The maximum absolute atomic E-state index is 8.33. The van der Waals surface area contributed by atoms with Crippen LogP contribution in [0.15, 0.2) is 0 Å². The standard InChI is InChI=1S/CH2O3.H3N.Ni/c2-1(3)4;;/h(H2,2,3,4);1H3;/q;;+2/p-2. The van der Waals surface area contributed by atoms with E-state index in [1.54, 1.807) is 0 Å². The van der Waals surface area contributed by atoms with Crippen molar-refractivity contribution in [1.82, 2.24) is 6.15 Å². The van der Waals surface area contributed by atoms with Gasteiger partial charge in [-0.3, -0.25) is 0 Å². The van der Waals surface area contributed by atoms with Crippen molar-refractivity contribution >= 4 is 6.16 Å². The molecule has 40 valence electrons. The summed E-state index contributed by atoms with van der Waals surface area (Å²) in [6.45, 7) is 0. The van der Waals surface area contributed by atoms with Crippen LogP contribution in [0.3, 0.4) is 0 Å². The van der Waals surface area contributed by atoms with Crippen molar-refractivity contribution in [2.45, 2.75) is 0 Å². The summed E-state index contributed by atoms with van der Waals surface area (Å²) in [5, 5.41) is 16.7. The van der Waals surface area contributed by atoms with Crippen LogP contribution in [0.1, 0.15) is 0 Å². The molecular formula is CH3NNiO3. The van der Waals surface area contributed by atoms with Crippen LogP contribution in [0.25, 0.3) is 0 Å². The molecule has 6 heavy (non-hydrogen) atoms. The van der Waals surface area contributed by atoms with Crippen molar-refractivity contribution in [2.24, 2.45) is 0 Å². The van der Waals surface area contributed by atoms with Crippen molar-refractivity contribution in [3.05, 3.63) is 0 Å². The van der Waals surface area contributed by atoms with Crippen molar-refractivity contribution in [3.63, 3.8) is 0 Å². The van der Waals surface area contributed by atoms with E-state index in [0.29, 0.717) is 0 Å². The molecule has 0 aliphatic heterocycles. The third-order valence-electron chi connectivity index (χ3n) is 0. The second kappa shape index (κ2) is 8.83. The molecule has 4 nitrogen and oxygen atoms in total. The fraction of sp³-hybridized carbons (Fsp3) is 0. The molecule has 0 rings (SSSR count). The van der Waals surface area contributed by atoms with Gasteiger partial charge in [-0.2, -0.15) is 0 Å². The molecule has 0 aromatic heterocycles. The molecule has 0 aromatic carbocycles. The molecule has 0 spiro atoms. The zero-order chi connectivity index (χ0) is 3.58. The number of carboxylic acid groups (broad SMARTS) is 2. The molecule has 0 atom stereocenters. The largest absolute Gasteiger partial charge is 2.00 e. The summed E-state index contributed by atoms with van der Waals surface area (Å²) in [5.74, 6) is 0. The van der Waals surface area contributed by atoms with Gasteiger partial charge in [0.25, 0.3) is 0 Å². The van der Waals surface area contributed by atoms with Crippen LogP contribution >= 0.6 is 0 Å². The normalized spacial score (nSPS) is 4.00. The van der Waals surface area contributed by atoms with Gasteiger partial charge >= 0.3 is 16.5 Å². The fourth-order valence-corrected chi connectivity index (χ4v) is 0. The van der Waals surface area contributed by atoms with E-state index in [0.717, 1.165) is 0 Å². The fourth-order valence-electron chi connectivity index (χ4n) is 0. The van der Waals surface area contributed by atoms with Gasteiger partial charge < -0.3 is 21.2 Å². The molecule has 0 aliphatic carbocycles. The van der Waals surface area contributed by atoms with Crippen molar-refractivity contribution in [3.8, 4) is 0 Å². The van der Waals surface area contributed by atoms with Crippen LogP contribution in [0.4, 0.5) is 4.79 Å². The second-order valence-electron chi connectivity index (χ2n) is 0.250. The Labute approximate surface area is 44.7 Å². The Bertz CT molecular complexity index is 33.8. The van der Waals surface area contributed by atoms with Crippen LogP contribution < -0.4 is 16.4 Å². The number of carbonyl (C=O) groups excluding carboxylic acids is 1. The number of hydrogen-bond acceptors (Lipinski definition) is 4. The topological polar surface area (TPSA) is 98.2 Å². The third kappa shape index (κ3) is 361. The minimum Gasteiger partial charge on any atom is -0.652 e. The molecule has 0 saturated carbocycles. The molecule has 5 heteroatoms. The Kier molecular flexibility index (Phi) is 25.3. The summed E-state index contributed by atoms with van der Waals surface area (Å²) in [7, 11) is 0. The third-order valence-corrected chi connectivity index (χ3v) is 0. The molecule has 0 aliphatic rings. The van der Waals surface area contributed by atoms with Crippen molar-refractivity contribution in [1.29, 1.82) is 0 Å². The quantitative estimate of drug-likeness (QED) is 0.378. The molecule has 0 heterocycles. The molecule has 0 fully saturated rings. The average Bonchev–Trinajstić information content (AvgIpc) is 0.811. The smallest absolute Gasteiger partial charge is 0.652 e. The van der Waals surface area contributed by atoms with Gasteiger partial charge in [0.2, 0.25) is 0 Å². The maximum Gasteiger partial charge on any atom is 2.00 e. The number of carbonyl (C=O) groups is 1. The van der Waals surface area contributed by atoms with Crippen LogP contribution in [-0.4, -0.2) is 6.16 Å². The first kappa shape index (κ1) is 17.2. The predicted octanol–water partition coefficient (Wildman–Crippen LogP) is -2.29. The van der Waals surface area contributed by atoms with Gasteiger partial charge in [0.1, 0.15) is 0 Å². The zero-order valence-corrected chi connectivity index (χ0v) is 3.74. The van der Waals surface area contributed by atoms with Gasteiger partial charge in [-0.25, -0.2) is 0 Å². The van der Waals surface area contributed by atoms with Gasteiger partial charge in [-0.15, -0.1) is 0 Å². The zero-order valence-electron chi connectivity index (χ0n) is 2.75. The molecule has 0 unspecified atom stereocenters. The van der Waals surface area contributed by atoms with E-state index in [1.807, 2.05) is 0 Å². The van der Waals surface area contributed by atoms with Crippen LogP contribution in [0, 0.1) is 0 Å². The minimum absolute atomic E-state index is 0. The minimum atomic E-state index is -2.33. The first-order valence-electron chi connectivity index (χ1n) is 0.612. The maximum atomic E-state index is 8.33. The van der Waals surface area contributed by atoms with Gasteiger partial charge in [-0.05, 0) is 6.16 Å². The molecular weight excluding hydrogens is 133 g/mol. The van der Waals surface area contributed by atoms with E-state index in [-0.39, 0.29) is 22.6 Å². The SMILES string of the molecule is N.O=C([O-])[O-].[Ni+2].